The molecule has 2 aromatic carbocycles. The molecule has 8 nitrogen and oxygen atoms in total. The highest BCUT2D eigenvalue weighted by Crippen LogP contribution is 2.32. The quantitative estimate of drug-likeness (QED) is 0.609. The molecule has 2 N–H and O–H groups in total. The third-order valence-corrected chi connectivity index (χ3v) is 3.43. The average Bonchev–Trinajstić information content (AvgIpc) is 2.54. The Kier molecular flexibility index (Phi) is 5.90. The van der Waals surface area contributed by atoms with E-state index in [2.05, 4.69) is 10.6 Å². The van der Waals surface area contributed by atoms with E-state index in [9.17, 15) is 19.7 Å². The van der Waals surface area contributed by atoms with Crippen LogP contribution in [-0.4, -0.2) is 23.3 Å². The summed E-state index contributed by atoms with van der Waals surface area (Å²) < 4.78 is 5.38. The molecule has 8 heteroatoms. The SMILES string of the molecule is CC(=O)Nc1ccc(NC(=O)COc2c(C)cc(C)cc2[N+](=O)[O-])cc1. The smallest absolute Gasteiger partial charge is 0.311 e. The predicted molar refractivity (Wildman–Crippen MR) is 97.4 cm³/mol. The Labute approximate surface area is 150 Å². The molecule has 0 atom stereocenters. The second kappa shape index (κ2) is 8.11. The van der Waals surface area contributed by atoms with Gasteiger partial charge in [0, 0.05) is 24.4 Å². The number of carbonyl (C=O) groups excluding carboxylic acids is 2. The van der Waals surface area contributed by atoms with Crippen LogP contribution in [0.15, 0.2) is 36.4 Å². The van der Waals surface area contributed by atoms with Gasteiger partial charge in [-0.05, 0) is 49.2 Å². The van der Waals surface area contributed by atoms with E-state index in [0.717, 1.165) is 5.56 Å². The topological polar surface area (TPSA) is 111 Å². The Morgan fingerprint density at radius 3 is 2.19 bits per heavy atom. The summed E-state index contributed by atoms with van der Waals surface area (Å²) in [5.41, 5.74) is 2.28. The van der Waals surface area contributed by atoms with Gasteiger partial charge in [0.2, 0.25) is 11.7 Å². The molecule has 2 amide bonds. The molecule has 0 saturated carbocycles. The van der Waals surface area contributed by atoms with Crippen LogP contribution in [0.3, 0.4) is 0 Å². The molecule has 0 aromatic heterocycles. The van der Waals surface area contributed by atoms with Crippen molar-refractivity contribution in [3.05, 3.63) is 57.6 Å². The number of nitrogens with zero attached hydrogens (tertiary/aromatic N) is 1. The summed E-state index contributed by atoms with van der Waals surface area (Å²) in [4.78, 5) is 33.6. The van der Waals surface area contributed by atoms with E-state index < -0.39 is 10.8 Å². The third kappa shape index (κ3) is 5.04. The second-order valence-corrected chi connectivity index (χ2v) is 5.78. The lowest BCUT2D eigenvalue weighted by atomic mass is 10.1. The number of nitrogens with one attached hydrogen (secondary N) is 2. The zero-order chi connectivity index (χ0) is 19.3. The lowest BCUT2D eigenvalue weighted by Gasteiger charge is -2.11. The number of rotatable bonds is 6. The highest BCUT2D eigenvalue weighted by Gasteiger charge is 2.19. The Morgan fingerprint density at radius 1 is 1.08 bits per heavy atom. The molecule has 0 aliphatic heterocycles. The molecule has 0 unspecified atom stereocenters. The summed E-state index contributed by atoms with van der Waals surface area (Å²) in [6, 6.07) is 9.70. The standard InChI is InChI=1S/C18H19N3O5/c1-11-8-12(2)18(16(9-11)21(24)25)26-10-17(23)20-15-6-4-14(5-7-15)19-13(3)22/h4-9H,10H2,1-3H3,(H,19,22)(H,20,23). The van der Waals surface area contributed by atoms with Gasteiger partial charge in [-0.2, -0.15) is 0 Å². The van der Waals surface area contributed by atoms with E-state index in [1.165, 1.54) is 13.0 Å². The highest BCUT2D eigenvalue weighted by atomic mass is 16.6. The van der Waals surface area contributed by atoms with E-state index in [1.807, 2.05) is 0 Å². The van der Waals surface area contributed by atoms with E-state index in [1.54, 1.807) is 44.2 Å². The molecule has 0 fully saturated rings. The van der Waals surface area contributed by atoms with Gasteiger partial charge in [0.25, 0.3) is 5.91 Å². The summed E-state index contributed by atoms with van der Waals surface area (Å²) >= 11 is 0. The van der Waals surface area contributed by atoms with Crippen LogP contribution in [0.1, 0.15) is 18.1 Å². The van der Waals surface area contributed by atoms with Gasteiger partial charge < -0.3 is 15.4 Å². The molecule has 136 valence electrons. The monoisotopic (exact) mass is 357 g/mol. The van der Waals surface area contributed by atoms with Gasteiger partial charge in [0.1, 0.15) is 0 Å². The first kappa shape index (κ1) is 18.9. The maximum Gasteiger partial charge on any atom is 0.311 e. The first-order valence-corrected chi connectivity index (χ1v) is 7.82. The van der Waals surface area contributed by atoms with Crippen molar-refractivity contribution in [1.29, 1.82) is 0 Å². The fourth-order valence-corrected chi connectivity index (χ4v) is 2.43. The van der Waals surface area contributed by atoms with Crippen LogP contribution in [-0.2, 0) is 9.59 Å². The third-order valence-electron chi connectivity index (χ3n) is 3.43. The van der Waals surface area contributed by atoms with Crippen molar-refractivity contribution in [3.8, 4) is 5.75 Å². The molecule has 2 rings (SSSR count). The lowest BCUT2D eigenvalue weighted by molar-refractivity contribution is -0.385. The van der Waals surface area contributed by atoms with Crippen LogP contribution in [0.2, 0.25) is 0 Å². The summed E-state index contributed by atoms with van der Waals surface area (Å²) in [6.07, 6.45) is 0. The second-order valence-electron chi connectivity index (χ2n) is 5.78. The van der Waals surface area contributed by atoms with Crippen LogP contribution < -0.4 is 15.4 Å². The van der Waals surface area contributed by atoms with E-state index in [-0.39, 0.29) is 24.0 Å². The number of nitro groups is 1. The van der Waals surface area contributed by atoms with Crippen molar-refractivity contribution in [2.24, 2.45) is 0 Å². The minimum absolute atomic E-state index is 0.0803. The fraction of sp³-hybridized carbons (Fsp3) is 0.222. The van der Waals surface area contributed by atoms with Gasteiger partial charge in [-0.1, -0.05) is 6.07 Å². The van der Waals surface area contributed by atoms with E-state index in [4.69, 9.17) is 4.74 Å². The maximum absolute atomic E-state index is 12.0. The summed E-state index contributed by atoms with van der Waals surface area (Å²) in [5.74, 6) is -0.562. The van der Waals surface area contributed by atoms with Gasteiger partial charge >= 0.3 is 5.69 Å². The fourth-order valence-electron chi connectivity index (χ4n) is 2.43. The predicted octanol–water partition coefficient (Wildman–Crippen LogP) is 3.19. The average molecular weight is 357 g/mol. The first-order chi connectivity index (χ1) is 12.3. The van der Waals surface area contributed by atoms with Crippen molar-refractivity contribution < 1.29 is 19.2 Å². The van der Waals surface area contributed by atoms with Gasteiger partial charge in [-0.25, -0.2) is 0 Å². The highest BCUT2D eigenvalue weighted by molar-refractivity contribution is 5.93. The van der Waals surface area contributed by atoms with Crippen molar-refractivity contribution in [1.82, 2.24) is 0 Å². The summed E-state index contributed by atoms with van der Waals surface area (Å²) in [6.45, 7) is 4.48. The van der Waals surface area contributed by atoms with Crippen LogP contribution in [0, 0.1) is 24.0 Å². The molecule has 2 aromatic rings. The number of amides is 2. The van der Waals surface area contributed by atoms with Crippen molar-refractivity contribution in [2.45, 2.75) is 20.8 Å². The van der Waals surface area contributed by atoms with Crippen molar-refractivity contribution in [2.75, 3.05) is 17.2 Å². The summed E-state index contributed by atoms with van der Waals surface area (Å²) in [5, 5.41) is 16.4. The maximum atomic E-state index is 12.0. The Bertz CT molecular complexity index is 847. The lowest BCUT2D eigenvalue weighted by Crippen LogP contribution is -2.20. The largest absolute Gasteiger partial charge is 0.477 e. The van der Waals surface area contributed by atoms with Crippen molar-refractivity contribution in [3.63, 3.8) is 0 Å². The van der Waals surface area contributed by atoms with Gasteiger partial charge in [-0.3, -0.25) is 19.7 Å². The molecule has 0 spiro atoms. The van der Waals surface area contributed by atoms with Gasteiger partial charge in [-0.15, -0.1) is 0 Å². The molecular formula is C18H19N3O5. The number of ether oxygens (including phenoxy) is 1. The van der Waals surface area contributed by atoms with E-state index in [0.29, 0.717) is 16.9 Å². The first-order valence-electron chi connectivity index (χ1n) is 7.82. The van der Waals surface area contributed by atoms with E-state index >= 15 is 0 Å². The number of carbonyl (C=O) groups is 2. The van der Waals surface area contributed by atoms with Crippen LogP contribution in [0.25, 0.3) is 0 Å². The molecule has 0 radical (unpaired) electrons. The Balaban J connectivity index is 2.01. The van der Waals surface area contributed by atoms with Crippen LogP contribution >= 0.6 is 0 Å². The normalized spacial score (nSPS) is 10.1. The molecule has 0 aliphatic carbocycles. The number of hydrogen-bond donors (Lipinski definition) is 2. The van der Waals surface area contributed by atoms with Gasteiger partial charge in [0.15, 0.2) is 6.61 Å². The minimum Gasteiger partial charge on any atom is -0.477 e. The number of nitro benzene ring substituents is 1. The molecule has 0 aliphatic rings. The number of benzene rings is 2. The van der Waals surface area contributed by atoms with Crippen LogP contribution in [0.4, 0.5) is 17.1 Å². The molecule has 0 heterocycles. The van der Waals surface area contributed by atoms with Gasteiger partial charge in [0.05, 0.1) is 4.92 Å². The number of aryl methyl sites for hydroxylation is 2. The zero-order valence-corrected chi connectivity index (χ0v) is 14.7. The number of hydrogen-bond acceptors (Lipinski definition) is 5. The summed E-state index contributed by atoms with van der Waals surface area (Å²) in [7, 11) is 0. The Morgan fingerprint density at radius 2 is 1.65 bits per heavy atom. The number of anilines is 2. The van der Waals surface area contributed by atoms with Crippen molar-refractivity contribution >= 4 is 28.9 Å². The molecule has 0 saturated heterocycles. The molecular weight excluding hydrogens is 338 g/mol. The Hall–Kier alpha value is -3.42. The zero-order valence-electron chi connectivity index (χ0n) is 14.7. The molecule has 26 heavy (non-hydrogen) atoms. The minimum atomic E-state index is -0.534. The van der Waals surface area contributed by atoms with Crippen LogP contribution in [0.5, 0.6) is 5.75 Å². The molecule has 0 bridgehead atoms.